The summed E-state index contributed by atoms with van der Waals surface area (Å²) in [6.45, 7) is 6.04. The number of H-pyrrole nitrogens is 1. The lowest BCUT2D eigenvalue weighted by molar-refractivity contribution is 0.114. The lowest BCUT2D eigenvalue weighted by Gasteiger charge is -2.43. The van der Waals surface area contributed by atoms with Crippen molar-refractivity contribution >= 4 is 10.9 Å². The van der Waals surface area contributed by atoms with Crippen LogP contribution in [0.1, 0.15) is 35.6 Å². The highest BCUT2D eigenvalue weighted by atomic mass is 16.3. The van der Waals surface area contributed by atoms with Crippen LogP contribution in [0.4, 0.5) is 0 Å². The lowest BCUT2D eigenvalue weighted by Crippen LogP contribution is -2.47. The summed E-state index contributed by atoms with van der Waals surface area (Å²) < 4.78 is 2.06. The third kappa shape index (κ3) is 3.53. The van der Waals surface area contributed by atoms with E-state index in [-0.39, 0.29) is 11.7 Å². The zero-order valence-electron chi connectivity index (χ0n) is 17.8. The van der Waals surface area contributed by atoms with Crippen molar-refractivity contribution in [3.05, 3.63) is 69.8 Å². The summed E-state index contributed by atoms with van der Waals surface area (Å²) in [7, 11) is 0. The molecule has 0 spiro atoms. The molecule has 2 bridgehead atoms. The third-order valence-electron chi connectivity index (χ3n) is 7.48. The molecular formula is C25H30N4O2. The molecule has 3 aliphatic heterocycles. The van der Waals surface area contributed by atoms with Crippen molar-refractivity contribution < 1.29 is 5.11 Å². The fourth-order valence-electron chi connectivity index (χ4n) is 6.07. The second-order valence-corrected chi connectivity index (χ2v) is 9.73. The first kappa shape index (κ1) is 19.3. The Balaban J connectivity index is 1.22. The number of hydrogen-bond donors (Lipinski definition) is 2. The molecule has 6 nitrogen and oxygen atoms in total. The van der Waals surface area contributed by atoms with E-state index in [2.05, 4.69) is 49.7 Å². The molecule has 2 aromatic heterocycles. The first-order valence-electron chi connectivity index (χ1n) is 11.5. The van der Waals surface area contributed by atoms with Crippen LogP contribution in [0.25, 0.3) is 10.9 Å². The summed E-state index contributed by atoms with van der Waals surface area (Å²) in [4.78, 5) is 21.3. The Kier molecular flexibility index (Phi) is 4.74. The average Bonchev–Trinajstić information content (AvgIpc) is 3.40. The van der Waals surface area contributed by atoms with Gasteiger partial charge in [0.1, 0.15) is 0 Å². The molecule has 3 aromatic rings. The summed E-state index contributed by atoms with van der Waals surface area (Å²) in [6, 6.07) is 12.9. The molecule has 2 fully saturated rings. The Hall–Kier alpha value is -2.41. The molecule has 3 aliphatic rings. The minimum atomic E-state index is -0.247. The van der Waals surface area contributed by atoms with E-state index in [0.29, 0.717) is 24.9 Å². The highest BCUT2D eigenvalue weighted by Gasteiger charge is 2.35. The fourth-order valence-corrected chi connectivity index (χ4v) is 6.07. The number of rotatable bonds is 4. The number of nitrogens with zero attached hydrogens (tertiary/aromatic N) is 3. The molecule has 0 amide bonds. The van der Waals surface area contributed by atoms with E-state index in [1.807, 2.05) is 12.3 Å². The number of aromatic amines is 1. The first-order valence-corrected chi connectivity index (χ1v) is 11.5. The van der Waals surface area contributed by atoms with Crippen LogP contribution in [0.2, 0.25) is 0 Å². The van der Waals surface area contributed by atoms with Crippen LogP contribution < -0.4 is 5.56 Å². The van der Waals surface area contributed by atoms with Crippen LogP contribution in [0.3, 0.4) is 0 Å². The fraction of sp³-hybridized carbons (Fsp3) is 0.480. The Labute approximate surface area is 182 Å². The molecule has 6 heteroatoms. The Morgan fingerprint density at radius 3 is 2.74 bits per heavy atom. The number of aliphatic hydroxyl groups excluding tert-OH is 1. The smallest absolute Gasteiger partial charge is 0.255 e. The number of likely N-dealkylation sites (tertiary alicyclic amines) is 2. The number of aliphatic hydroxyl groups is 1. The zero-order chi connectivity index (χ0) is 20.9. The first-order chi connectivity index (χ1) is 15.1. The van der Waals surface area contributed by atoms with Crippen LogP contribution in [0.5, 0.6) is 0 Å². The third-order valence-corrected chi connectivity index (χ3v) is 7.48. The van der Waals surface area contributed by atoms with Gasteiger partial charge in [-0.15, -0.1) is 0 Å². The van der Waals surface area contributed by atoms with E-state index in [9.17, 15) is 9.90 Å². The second-order valence-electron chi connectivity index (χ2n) is 9.73. The Bertz CT molecular complexity index is 1170. The van der Waals surface area contributed by atoms with Gasteiger partial charge in [0.2, 0.25) is 0 Å². The van der Waals surface area contributed by atoms with Crippen LogP contribution in [0.15, 0.2) is 47.4 Å². The standard InChI is InChI=1S/C25H30N4O2/c30-21-7-9-27(16-21)14-19-4-5-24-20-10-17(12-29(24)25(19)31)11-28(15-20)13-18-2-1-3-23-22(18)6-8-26-23/h1-6,8,17,20-21,26,30H,7,9-16H2/t17-,20+,21-/m0/s1. The van der Waals surface area contributed by atoms with Crippen LogP contribution in [0, 0.1) is 5.92 Å². The van der Waals surface area contributed by atoms with Crippen molar-refractivity contribution in [3.8, 4) is 0 Å². The van der Waals surface area contributed by atoms with Gasteiger partial charge in [0.05, 0.1) is 6.10 Å². The normalized spacial score (nSPS) is 26.4. The molecule has 3 atom stereocenters. The van der Waals surface area contributed by atoms with E-state index < -0.39 is 0 Å². The summed E-state index contributed by atoms with van der Waals surface area (Å²) >= 11 is 0. The van der Waals surface area contributed by atoms with E-state index in [1.165, 1.54) is 28.6 Å². The van der Waals surface area contributed by atoms with Gasteiger partial charge in [-0.2, -0.15) is 0 Å². The number of aromatic nitrogens is 2. The molecule has 0 aliphatic carbocycles. The molecular weight excluding hydrogens is 388 g/mol. The van der Waals surface area contributed by atoms with Gasteiger partial charge in [-0.05, 0) is 42.5 Å². The maximum Gasteiger partial charge on any atom is 0.255 e. The molecule has 5 heterocycles. The van der Waals surface area contributed by atoms with Crippen LogP contribution >= 0.6 is 0 Å². The van der Waals surface area contributed by atoms with Gasteiger partial charge in [-0.25, -0.2) is 0 Å². The zero-order valence-corrected chi connectivity index (χ0v) is 17.8. The summed E-state index contributed by atoms with van der Waals surface area (Å²) in [6.07, 6.45) is 3.76. The van der Waals surface area contributed by atoms with Crippen LogP contribution in [-0.4, -0.2) is 56.7 Å². The number of piperidine rings is 1. The number of pyridine rings is 1. The molecule has 1 aromatic carbocycles. The van der Waals surface area contributed by atoms with Crippen molar-refractivity contribution in [3.63, 3.8) is 0 Å². The Morgan fingerprint density at radius 2 is 1.87 bits per heavy atom. The average molecular weight is 419 g/mol. The van der Waals surface area contributed by atoms with Gasteiger partial charge in [0.15, 0.2) is 0 Å². The number of β-amino-alcohol motifs (C(OH)–C–C–N with tert-alkyl or cyclic N) is 1. The van der Waals surface area contributed by atoms with Gasteiger partial charge < -0.3 is 14.7 Å². The van der Waals surface area contributed by atoms with Gasteiger partial charge >= 0.3 is 0 Å². The molecule has 2 N–H and O–H groups in total. The van der Waals surface area contributed by atoms with E-state index >= 15 is 0 Å². The molecule has 0 saturated carbocycles. The van der Waals surface area contributed by atoms with Gasteiger partial charge in [-0.3, -0.25) is 14.6 Å². The molecule has 0 radical (unpaired) electrons. The quantitative estimate of drug-likeness (QED) is 0.683. The van der Waals surface area contributed by atoms with Crippen molar-refractivity contribution in [1.29, 1.82) is 0 Å². The number of benzene rings is 1. The van der Waals surface area contributed by atoms with E-state index in [4.69, 9.17) is 0 Å². The van der Waals surface area contributed by atoms with Crippen molar-refractivity contribution in [2.45, 2.75) is 44.5 Å². The van der Waals surface area contributed by atoms with Crippen molar-refractivity contribution in [2.75, 3.05) is 26.2 Å². The van der Waals surface area contributed by atoms with Gasteiger partial charge in [0.25, 0.3) is 5.56 Å². The molecule has 6 rings (SSSR count). The van der Waals surface area contributed by atoms with Crippen molar-refractivity contribution in [2.24, 2.45) is 5.92 Å². The second kappa shape index (κ2) is 7.62. The number of fused-ring (bicyclic) bond motifs is 5. The monoisotopic (exact) mass is 418 g/mol. The highest BCUT2D eigenvalue weighted by molar-refractivity contribution is 5.82. The number of nitrogens with one attached hydrogen (secondary N) is 1. The lowest BCUT2D eigenvalue weighted by atomic mass is 9.82. The molecule has 162 valence electrons. The Morgan fingerprint density at radius 1 is 0.968 bits per heavy atom. The maximum atomic E-state index is 13.3. The van der Waals surface area contributed by atoms with Crippen molar-refractivity contribution in [1.82, 2.24) is 19.4 Å². The summed E-state index contributed by atoms with van der Waals surface area (Å²) in [5, 5.41) is 11.1. The maximum absolute atomic E-state index is 13.3. The highest BCUT2D eigenvalue weighted by Crippen LogP contribution is 2.36. The number of hydrogen-bond acceptors (Lipinski definition) is 4. The molecule has 0 unspecified atom stereocenters. The molecule has 31 heavy (non-hydrogen) atoms. The molecule has 2 saturated heterocycles. The van der Waals surface area contributed by atoms with E-state index in [0.717, 1.165) is 44.7 Å². The van der Waals surface area contributed by atoms with Gasteiger partial charge in [0, 0.05) is 80.1 Å². The largest absolute Gasteiger partial charge is 0.392 e. The minimum Gasteiger partial charge on any atom is -0.392 e. The predicted octanol–water partition coefficient (Wildman–Crippen LogP) is 2.52. The van der Waals surface area contributed by atoms with Crippen LogP contribution in [-0.2, 0) is 19.6 Å². The topological polar surface area (TPSA) is 64.5 Å². The predicted molar refractivity (Wildman–Crippen MR) is 121 cm³/mol. The minimum absolute atomic E-state index is 0.180. The summed E-state index contributed by atoms with van der Waals surface area (Å²) in [5.74, 6) is 0.950. The van der Waals surface area contributed by atoms with Gasteiger partial charge in [-0.1, -0.05) is 18.2 Å². The van der Waals surface area contributed by atoms with E-state index in [1.54, 1.807) is 0 Å². The summed E-state index contributed by atoms with van der Waals surface area (Å²) in [5.41, 5.74) is 4.83. The SMILES string of the molecule is O=c1c(CN2CC[C@H](O)C2)ccc2n1C[C@H]1C[C@@H]2CN(Cc2cccc3[nH]ccc23)C1.